The average molecular weight is 258 g/mol. The molecule has 0 saturated carbocycles. The van der Waals surface area contributed by atoms with E-state index in [1.54, 1.807) is 9.80 Å². The number of piperazine rings is 1. The smallest absolute Gasteiger partial charge is 0.409 e. The Bertz CT molecular complexity index is 304. The van der Waals surface area contributed by atoms with Crippen LogP contribution in [-0.4, -0.2) is 67.3 Å². The second-order valence-corrected chi connectivity index (χ2v) is 5.24. The largest absolute Gasteiger partial charge is 0.453 e. The van der Waals surface area contributed by atoms with Crippen LogP contribution in [0.15, 0.2) is 0 Å². The fourth-order valence-corrected chi connectivity index (χ4v) is 1.64. The van der Waals surface area contributed by atoms with E-state index < -0.39 is 0 Å². The number of methoxy groups -OCH3 is 1. The first-order valence-corrected chi connectivity index (χ1v) is 6.08. The summed E-state index contributed by atoms with van der Waals surface area (Å²) in [5.74, 6) is -0.0329. The van der Waals surface area contributed by atoms with Gasteiger partial charge in [-0.2, -0.15) is 0 Å². The van der Waals surface area contributed by atoms with Crippen LogP contribution in [0.4, 0.5) is 4.79 Å². The van der Waals surface area contributed by atoms with Crippen molar-refractivity contribution in [2.45, 2.75) is 26.4 Å². The molecule has 1 saturated heterocycles. The predicted octanol–water partition coefficient (Wildman–Crippen LogP) is 0.712. The molecule has 1 rings (SSSR count). The minimum Gasteiger partial charge on any atom is -0.453 e. The highest BCUT2D eigenvalue weighted by atomic mass is 16.5. The molecule has 0 aromatic carbocycles. The van der Waals surface area contributed by atoms with Crippen LogP contribution >= 0.6 is 0 Å². The molecule has 6 heteroatoms. The van der Waals surface area contributed by atoms with Crippen LogP contribution in [0.25, 0.3) is 0 Å². The van der Waals surface area contributed by atoms with Gasteiger partial charge in [-0.05, 0) is 20.8 Å². The van der Waals surface area contributed by atoms with Gasteiger partial charge in [-0.15, -0.1) is 0 Å². The zero-order valence-corrected chi connectivity index (χ0v) is 11.6. The summed E-state index contributed by atoms with van der Waals surface area (Å²) in [6, 6.07) is 0. The molecule has 0 spiro atoms. The van der Waals surface area contributed by atoms with E-state index in [0.717, 1.165) is 0 Å². The van der Waals surface area contributed by atoms with Gasteiger partial charge in [0.05, 0.1) is 12.7 Å². The number of hydrogen-bond acceptors (Lipinski definition) is 4. The van der Waals surface area contributed by atoms with Crippen molar-refractivity contribution < 1.29 is 19.1 Å². The molecule has 1 aliphatic rings. The fraction of sp³-hybridized carbons (Fsp3) is 0.833. The highest BCUT2D eigenvalue weighted by Crippen LogP contribution is 2.08. The minimum atomic E-state index is -0.340. The molecule has 1 heterocycles. The standard InChI is InChI=1S/C12H22N2O4/c1-12(2,3)18-9-10(15)13-5-7-14(8-6-13)11(16)17-4/h5-9H2,1-4H3. The molecule has 104 valence electrons. The first-order chi connectivity index (χ1) is 8.33. The zero-order chi connectivity index (χ0) is 13.8. The van der Waals surface area contributed by atoms with Gasteiger partial charge in [-0.3, -0.25) is 4.79 Å². The molecule has 6 nitrogen and oxygen atoms in total. The Labute approximate surface area is 108 Å². The van der Waals surface area contributed by atoms with Crippen molar-refractivity contribution in [1.82, 2.24) is 9.80 Å². The first-order valence-electron chi connectivity index (χ1n) is 6.08. The number of nitrogens with zero attached hydrogens (tertiary/aromatic N) is 2. The molecule has 0 aromatic heterocycles. The lowest BCUT2D eigenvalue weighted by atomic mass is 10.2. The van der Waals surface area contributed by atoms with E-state index in [0.29, 0.717) is 26.2 Å². The van der Waals surface area contributed by atoms with Gasteiger partial charge in [-0.1, -0.05) is 0 Å². The van der Waals surface area contributed by atoms with E-state index in [-0.39, 0.29) is 24.2 Å². The second kappa shape index (κ2) is 6.04. The van der Waals surface area contributed by atoms with Crippen molar-refractivity contribution in [3.05, 3.63) is 0 Å². The van der Waals surface area contributed by atoms with Crippen LogP contribution in [0.1, 0.15) is 20.8 Å². The maximum absolute atomic E-state index is 11.9. The molecule has 0 N–H and O–H groups in total. The monoisotopic (exact) mass is 258 g/mol. The van der Waals surface area contributed by atoms with Gasteiger partial charge < -0.3 is 19.3 Å². The van der Waals surface area contributed by atoms with E-state index in [4.69, 9.17) is 4.74 Å². The van der Waals surface area contributed by atoms with Crippen LogP contribution in [0, 0.1) is 0 Å². The maximum atomic E-state index is 11.9. The Morgan fingerprint density at radius 1 is 1.06 bits per heavy atom. The number of ether oxygens (including phenoxy) is 2. The number of rotatable bonds is 2. The molecular weight excluding hydrogens is 236 g/mol. The molecule has 0 unspecified atom stereocenters. The summed E-state index contributed by atoms with van der Waals surface area (Å²) in [7, 11) is 1.36. The van der Waals surface area contributed by atoms with E-state index in [9.17, 15) is 9.59 Å². The van der Waals surface area contributed by atoms with Crippen molar-refractivity contribution in [3.8, 4) is 0 Å². The third kappa shape index (κ3) is 4.52. The van der Waals surface area contributed by atoms with Crippen LogP contribution in [0.5, 0.6) is 0 Å². The van der Waals surface area contributed by atoms with E-state index >= 15 is 0 Å². The van der Waals surface area contributed by atoms with Gasteiger partial charge >= 0.3 is 6.09 Å². The van der Waals surface area contributed by atoms with Crippen LogP contribution < -0.4 is 0 Å². The molecule has 0 aliphatic carbocycles. The molecule has 1 fully saturated rings. The highest BCUT2D eigenvalue weighted by Gasteiger charge is 2.25. The summed E-state index contributed by atoms with van der Waals surface area (Å²) in [5.41, 5.74) is -0.316. The summed E-state index contributed by atoms with van der Waals surface area (Å²) >= 11 is 0. The number of carbonyl (C=O) groups excluding carboxylic acids is 2. The molecule has 0 atom stereocenters. The first kappa shape index (κ1) is 14.8. The van der Waals surface area contributed by atoms with Crippen molar-refractivity contribution in [2.75, 3.05) is 39.9 Å². The fourth-order valence-electron chi connectivity index (χ4n) is 1.64. The normalized spacial score (nSPS) is 16.7. The molecule has 1 aliphatic heterocycles. The molecule has 0 bridgehead atoms. The van der Waals surface area contributed by atoms with E-state index in [1.165, 1.54) is 7.11 Å². The van der Waals surface area contributed by atoms with Gasteiger partial charge in [0.2, 0.25) is 5.91 Å². The van der Waals surface area contributed by atoms with Crippen molar-refractivity contribution in [3.63, 3.8) is 0 Å². The lowest BCUT2D eigenvalue weighted by Gasteiger charge is -2.34. The summed E-state index contributed by atoms with van der Waals surface area (Å²) in [5, 5.41) is 0. The van der Waals surface area contributed by atoms with E-state index in [1.807, 2.05) is 20.8 Å². The third-order valence-electron chi connectivity index (χ3n) is 2.69. The summed E-state index contributed by atoms with van der Waals surface area (Å²) in [4.78, 5) is 26.4. The van der Waals surface area contributed by atoms with Crippen LogP contribution in [0.2, 0.25) is 0 Å². The minimum absolute atomic E-state index is 0.0329. The van der Waals surface area contributed by atoms with Crippen LogP contribution in [-0.2, 0) is 14.3 Å². The Balaban J connectivity index is 2.34. The van der Waals surface area contributed by atoms with Gasteiger partial charge in [0, 0.05) is 26.2 Å². The van der Waals surface area contributed by atoms with Gasteiger partial charge in [0.15, 0.2) is 0 Å². The molecule has 0 aromatic rings. The Morgan fingerprint density at radius 3 is 2.00 bits per heavy atom. The molecular formula is C12H22N2O4. The lowest BCUT2D eigenvalue weighted by Crippen LogP contribution is -2.51. The zero-order valence-electron chi connectivity index (χ0n) is 11.6. The summed E-state index contributed by atoms with van der Waals surface area (Å²) in [6.07, 6.45) is -0.340. The SMILES string of the molecule is COC(=O)N1CCN(C(=O)COC(C)(C)C)CC1. The number of carbonyl (C=O) groups is 2. The van der Waals surface area contributed by atoms with Gasteiger partial charge in [0.25, 0.3) is 0 Å². The molecule has 0 radical (unpaired) electrons. The van der Waals surface area contributed by atoms with Crippen molar-refractivity contribution in [1.29, 1.82) is 0 Å². The number of hydrogen-bond donors (Lipinski definition) is 0. The third-order valence-corrected chi connectivity index (χ3v) is 2.69. The van der Waals surface area contributed by atoms with Gasteiger partial charge in [0.1, 0.15) is 6.61 Å². The summed E-state index contributed by atoms with van der Waals surface area (Å²) < 4.78 is 10.1. The average Bonchev–Trinajstić information content (AvgIpc) is 2.34. The number of amides is 2. The van der Waals surface area contributed by atoms with Crippen molar-refractivity contribution in [2.24, 2.45) is 0 Å². The Hall–Kier alpha value is -1.30. The lowest BCUT2D eigenvalue weighted by molar-refractivity contribution is -0.142. The van der Waals surface area contributed by atoms with Crippen LogP contribution in [0.3, 0.4) is 0 Å². The molecule has 2 amide bonds. The summed E-state index contributed by atoms with van der Waals surface area (Å²) in [6.45, 7) is 7.90. The Morgan fingerprint density at radius 2 is 1.56 bits per heavy atom. The van der Waals surface area contributed by atoms with Crippen molar-refractivity contribution >= 4 is 12.0 Å². The van der Waals surface area contributed by atoms with Gasteiger partial charge in [-0.25, -0.2) is 4.79 Å². The maximum Gasteiger partial charge on any atom is 0.409 e. The Kier molecular flexibility index (Phi) is 4.95. The topological polar surface area (TPSA) is 59.1 Å². The molecule has 18 heavy (non-hydrogen) atoms. The predicted molar refractivity (Wildman–Crippen MR) is 66.3 cm³/mol. The van der Waals surface area contributed by atoms with E-state index in [2.05, 4.69) is 4.74 Å². The quantitative estimate of drug-likeness (QED) is 0.732. The second-order valence-electron chi connectivity index (χ2n) is 5.24. The highest BCUT2D eigenvalue weighted by molar-refractivity contribution is 5.78.